The second-order valence-electron chi connectivity index (χ2n) is 4.86. The second kappa shape index (κ2) is 9.17. The Morgan fingerprint density at radius 2 is 1.50 bits per heavy atom. The Labute approximate surface area is 145 Å². The molecule has 0 aliphatic heterocycles. The molecule has 116 valence electrons. The maximum atomic E-state index is 12.2. The van der Waals surface area contributed by atoms with Crippen molar-refractivity contribution >= 4 is 17.6 Å². The average Bonchev–Trinajstić information content (AvgIpc) is 2.48. The van der Waals surface area contributed by atoms with Crippen LogP contribution in [-0.2, 0) is 37.1 Å². The van der Waals surface area contributed by atoms with Gasteiger partial charge in [-0.05, 0) is 12.5 Å². The van der Waals surface area contributed by atoms with E-state index in [1.54, 1.807) is 0 Å². The Hall–Kier alpha value is -1.92. The number of rotatable bonds is 6. The quantitative estimate of drug-likeness (QED) is 0.365. The molecule has 2 nitrogen and oxygen atoms in total. The van der Waals surface area contributed by atoms with E-state index in [0.29, 0.717) is 12.0 Å². The Balaban J connectivity index is 0.00000242. The van der Waals surface area contributed by atoms with Crippen LogP contribution in [-0.4, -0.2) is 11.6 Å². The van der Waals surface area contributed by atoms with Crippen LogP contribution in [0.1, 0.15) is 18.1 Å². The molecule has 3 heteroatoms. The van der Waals surface area contributed by atoms with Crippen molar-refractivity contribution in [2.75, 3.05) is 0 Å². The topological polar surface area (TPSA) is 34.1 Å². The van der Waals surface area contributed by atoms with Crippen molar-refractivity contribution in [2.24, 2.45) is 0 Å². The van der Waals surface area contributed by atoms with Gasteiger partial charge < -0.3 is 9.59 Å². The zero-order chi connectivity index (χ0) is 15.1. The minimum atomic E-state index is -0.230. The molecule has 0 atom stereocenters. The van der Waals surface area contributed by atoms with Crippen LogP contribution in [0.2, 0.25) is 0 Å². The SMILES string of the molecule is CC(=O)[CH-]C(=O)C(=Cc1ccccc1)Cc1ccccc1.[Pt]. The van der Waals surface area contributed by atoms with Crippen LogP contribution in [0.4, 0.5) is 0 Å². The number of allylic oxidation sites excluding steroid dienone is 1. The summed E-state index contributed by atoms with van der Waals surface area (Å²) in [5, 5.41) is 0. The van der Waals surface area contributed by atoms with Gasteiger partial charge in [-0.2, -0.15) is 0 Å². The van der Waals surface area contributed by atoms with Gasteiger partial charge in [0.1, 0.15) is 0 Å². The van der Waals surface area contributed by atoms with Crippen LogP contribution in [0.25, 0.3) is 6.08 Å². The molecule has 0 saturated heterocycles. The van der Waals surface area contributed by atoms with Crippen molar-refractivity contribution in [3.63, 3.8) is 0 Å². The molecular formula is C19H17O2Pt-. The van der Waals surface area contributed by atoms with Crippen LogP contribution < -0.4 is 0 Å². The van der Waals surface area contributed by atoms with Gasteiger partial charge in [0.2, 0.25) is 0 Å². The minimum Gasteiger partial charge on any atom is -0.332 e. The Kier molecular flexibility index (Phi) is 7.55. The maximum absolute atomic E-state index is 12.2. The molecule has 2 aromatic rings. The van der Waals surface area contributed by atoms with Crippen molar-refractivity contribution in [1.29, 1.82) is 0 Å². The van der Waals surface area contributed by atoms with Gasteiger partial charge in [-0.15, -0.1) is 18.1 Å². The summed E-state index contributed by atoms with van der Waals surface area (Å²) in [6.45, 7) is 1.39. The van der Waals surface area contributed by atoms with Crippen LogP contribution in [0, 0.1) is 6.42 Å². The number of hydrogen-bond donors (Lipinski definition) is 0. The predicted molar refractivity (Wildman–Crippen MR) is 84.6 cm³/mol. The average molecular weight is 472 g/mol. The van der Waals surface area contributed by atoms with E-state index in [0.717, 1.165) is 17.5 Å². The van der Waals surface area contributed by atoms with E-state index in [9.17, 15) is 9.59 Å². The molecule has 0 heterocycles. The molecule has 0 unspecified atom stereocenters. The van der Waals surface area contributed by atoms with E-state index in [2.05, 4.69) is 0 Å². The molecule has 0 amide bonds. The number of benzene rings is 2. The smallest absolute Gasteiger partial charge is 0.0767 e. The van der Waals surface area contributed by atoms with Crippen molar-refractivity contribution < 1.29 is 30.7 Å². The Morgan fingerprint density at radius 1 is 0.955 bits per heavy atom. The first kappa shape index (κ1) is 18.1. The van der Waals surface area contributed by atoms with Crippen molar-refractivity contribution in [3.05, 3.63) is 83.8 Å². The third-order valence-electron chi connectivity index (χ3n) is 3.03. The van der Waals surface area contributed by atoms with E-state index in [1.807, 2.05) is 66.7 Å². The fourth-order valence-electron chi connectivity index (χ4n) is 2.05. The molecule has 22 heavy (non-hydrogen) atoms. The molecule has 0 N–H and O–H groups in total. The summed E-state index contributed by atoms with van der Waals surface area (Å²) in [4.78, 5) is 23.4. The number of Topliss-reactive ketones (excluding diaryl/α,β-unsaturated/α-hetero) is 2. The zero-order valence-electron chi connectivity index (χ0n) is 12.3. The molecule has 0 bridgehead atoms. The fraction of sp³-hybridized carbons (Fsp3) is 0.105. The monoisotopic (exact) mass is 472 g/mol. The van der Waals surface area contributed by atoms with Crippen LogP contribution in [0.3, 0.4) is 0 Å². The van der Waals surface area contributed by atoms with Gasteiger partial charge >= 0.3 is 0 Å². The molecule has 0 aliphatic carbocycles. The van der Waals surface area contributed by atoms with Gasteiger partial charge in [0.25, 0.3) is 0 Å². The molecule has 2 aromatic carbocycles. The largest absolute Gasteiger partial charge is 0.332 e. The normalized spacial score (nSPS) is 10.5. The summed E-state index contributed by atoms with van der Waals surface area (Å²) in [7, 11) is 0. The van der Waals surface area contributed by atoms with Gasteiger partial charge in [0.05, 0.1) is 5.78 Å². The summed E-state index contributed by atoms with van der Waals surface area (Å²) < 4.78 is 0. The third-order valence-corrected chi connectivity index (χ3v) is 3.03. The summed E-state index contributed by atoms with van der Waals surface area (Å²) in [6.07, 6.45) is 3.50. The van der Waals surface area contributed by atoms with E-state index < -0.39 is 0 Å². The summed E-state index contributed by atoms with van der Waals surface area (Å²) in [6, 6.07) is 19.4. The number of hydrogen-bond acceptors (Lipinski definition) is 2. The molecule has 0 aromatic heterocycles. The first-order valence-electron chi connectivity index (χ1n) is 6.84. The van der Waals surface area contributed by atoms with Crippen LogP contribution in [0.15, 0.2) is 66.2 Å². The second-order valence-corrected chi connectivity index (χ2v) is 4.86. The molecule has 0 spiro atoms. The van der Waals surface area contributed by atoms with Gasteiger partial charge in [-0.3, -0.25) is 0 Å². The van der Waals surface area contributed by atoms with Crippen LogP contribution in [0.5, 0.6) is 0 Å². The van der Waals surface area contributed by atoms with E-state index in [-0.39, 0.29) is 32.6 Å². The Bertz CT molecular complexity index is 646. The predicted octanol–water partition coefficient (Wildman–Crippen LogP) is 3.67. The molecule has 2 rings (SSSR count). The van der Waals surface area contributed by atoms with Gasteiger partial charge in [0.15, 0.2) is 0 Å². The Morgan fingerprint density at radius 3 is 2.05 bits per heavy atom. The van der Waals surface area contributed by atoms with E-state index in [1.165, 1.54) is 6.92 Å². The van der Waals surface area contributed by atoms with Gasteiger partial charge in [-0.25, -0.2) is 0 Å². The fourth-order valence-corrected chi connectivity index (χ4v) is 2.05. The van der Waals surface area contributed by atoms with Crippen molar-refractivity contribution in [1.82, 2.24) is 0 Å². The third kappa shape index (κ3) is 5.83. The van der Waals surface area contributed by atoms with Crippen LogP contribution >= 0.6 is 0 Å². The van der Waals surface area contributed by atoms with Crippen molar-refractivity contribution in [3.8, 4) is 0 Å². The molecular weight excluding hydrogens is 455 g/mol. The first-order chi connectivity index (χ1) is 10.1. The first-order valence-corrected chi connectivity index (χ1v) is 6.84. The van der Waals surface area contributed by atoms with Crippen molar-refractivity contribution in [2.45, 2.75) is 13.3 Å². The maximum Gasteiger partial charge on any atom is 0.0767 e. The summed E-state index contributed by atoms with van der Waals surface area (Å²) in [5.74, 6) is -0.456. The minimum absolute atomic E-state index is 0. The molecule has 0 saturated carbocycles. The number of carbonyl (C=O) groups is 2. The standard InChI is InChI=1S/C19H17O2.Pt/c1-15(20)12-19(21)18(13-16-8-4-2-5-9-16)14-17-10-6-3-7-11-17;/h2-13H,14H2,1H3;/q-1;. The molecule has 0 radical (unpaired) electrons. The zero-order valence-corrected chi connectivity index (χ0v) is 14.5. The van der Waals surface area contributed by atoms with E-state index >= 15 is 0 Å². The summed E-state index contributed by atoms with van der Waals surface area (Å²) in [5.41, 5.74) is 2.61. The number of carbonyl (C=O) groups excluding carboxylic acids is 2. The summed E-state index contributed by atoms with van der Waals surface area (Å²) >= 11 is 0. The molecule has 0 aliphatic rings. The van der Waals surface area contributed by atoms with Gasteiger partial charge in [0, 0.05) is 26.8 Å². The number of ketones is 2. The van der Waals surface area contributed by atoms with E-state index in [4.69, 9.17) is 0 Å². The molecule has 0 fully saturated rings. The van der Waals surface area contributed by atoms with Gasteiger partial charge in [-0.1, -0.05) is 72.6 Å².